The van der Waals surface area contributed by atoms with Crippen molar-refractivity contribution in [1.82, 2.24) is 9.55 Å². The molecule has 1 atom stereocenters. The minimum atomic E-state index is -0.646. The van der Waals surface area contributed by atoms with Gasteiger partial charge in [-0.05, 0) is 38.0 Å². The van der Waals surface area contributed by atoms with Gasteiger partial charge in [0.05, 0.1) is 23.1 Å². The minimum Gasteiger partial charge on any atom is -0.508 e. The van der Waals surface area contributed by atoms with E-state index in [1.807, 2.05) is 13.0 Å². The molecule has 1 amide bonds. The van der Waals surface area contributed by atoms with E-state index >= 15 is 0 Å². The summed E-state index contributed by atoms with van der Waals surface area (Å²) in [5.74, 6) is -0.344. The number of aryl methyl sites for hydroxylation is 1. The highest BCUT2D eigenvalue weighted by molar-refractivity contribution is 6.11. The number of carbonyl (C=O) groups is 2. The van der Waals surface area contributed by atoms with Crippen LogP contribution in [-0.2, 0) is 4.79 Å². The van der Waals surface area contributed by atoms with Gasteiger partial charge < -0.3 is 26.3 Å². The first kappa shape index (κ1) is 18.8. The minimum absolute atomic E-state index is 0.00596. The Morgan fingerprint density at radius 3 is 2.76 bits per heavy atom. The van der Waals surface area contributed by atoms with Crippen LogP contribution >= 0.6 is 0 Å². The molecular formula is C21H23N5O3. The number of amides is 1. The van der Waals surface area contributed by atoms with Gasteiger partial charge in [-0.1, -0.05) is 6.07 Å². The van der Waals surface area contributed by atoms with Gasteiger partial charge in [0.2, 0.25) is 0 Å². The normalized spacial score (nSPS) is 16.5. The average Bonchev–Trinajstić information content (AvgIpc) is 3.27. The molecule has 0 saturated carbocycles. The number of nitrogens with zero attached hydrogens (tertiary/aromatic N) is 3. The topological polar surface area (TPSA) is 127 Å². The molecule has 0 aliphatic carbocycles. The van der Waals surface area contributed by atoms with Crippen molar-refractivity contribution >= 4 is 34.7 Å². The maximum atomic E-state index is 12.2. The molecule has 4 rings (SSSR count). The van der Waals surface area contributed by atoms with Crippen LogP contribution in [0.3, 0.4) is 0 Å². The lowest BCUT2D eigenvalue weighted by Crippen LogP contribution is -2.20. The third kappa shape index (κ3) is 2.88. The summed E-state index contributed by atoms with van der Waals surface area (Å²) < 4.78 is 1.67. The fourth-order valence-corrected chi connectivity index (χ4v) is 4.13. The first-order valence-electron chi connectivity index (χ1n) is 9.43. The first-order valence-corrected chi connectivity index (χ1v) is 9.43. The molecule has 1 aliphatic rings. The molecule has 3 heterocycles. The molecule has 1 aromatic carbocycles. The van der Waals surface area contributed by atoms with E-state index in [0.29, 0.717) is 28.8 Å². The SMILES string of the molecule is Cc1ccc(O)c(C)c1-n1c(N)c(C(N)=O)c2cc(N3CCC(C=O)C3)cnc21. The number of primary amides is 1. The molecule has 0 bridgehead atoms. The summed E-state index contributed by atoms with van der Waals surface area (Å²) in [6, 6.07) is 5.24. The highest BCUT2D eigenvalue weighted by Gasteiger charge is 2.26. The zero-order chi connectivity index (χ0) is 20.9. The number of hydrogen-bond donors (Lipinski definition) is 3. The van der Waals surface area contributed by atoms with Crippen molar-refractivity contribution in [2.45, 2.75) is 20.3 Å². The Morgan fingerprint density at radius 1 is 1.34 bits per heavy atom. The number of rotatable bonds is 4. The second-order valence-electron chi connectivity index (χ2n) is 7.53. The number of nitrogen functional groups attached to an aromatic ring is 1. The van der Waals surface area contributed by atoms with Gasteiger partial charge in [0.25, 0.3) is 5.91 Å². The van der Waals surface area contributed by atoms with Crippen molar-refractivity contribution in [2.24, 2.45) is 11.7 Å². The summed E-state index contributed by atoms with van der Waals surface area (Å²) >= 11 is 0. The van der Waals surface area contributed by atoms with Crippen molar-refractivity contribution < 1.29 is 14.7 Å². The molecule has 1 unspecified atom stereocenters. The second-order valence-corrected chi connectivity index (χ2v) is 7.53. The van der Waals surface area contributed by atoms with Crippen LogP contribution in [0.15, 0.2) is 24.4 Å². The number of pyridine rings is 1. The number of fused-ring (bicyclic) bond motifs is 1. The van der Waals surface area contributed by atoms with Crippen molar-refractivity contribution in [3.8, 4) is 11.4 Å². The second kappa shape index (κ2) is 6.80. The Hall–Kier alpha value is -3.55. The number of aldehydes is 1. The van der Waals surface area contributed by atoms with E-state index in [9.17, 15) is 14.7 Å². The number of phenols is 1. The molecule has 150 valence electrons. The molecule has 8 heteroatoms. The Kier molecular flexibility index (Phi) is 4.41. The van der Waals surface area contributed by atoms with Gasteiger partial charge in [-0.25, -0.2) is 4.98 Å². The van der Waals surface area contributed by atoms with Gasteiger partial charge in [-0.3, -0.25) is 9.36 Å². The Morgan fingerprint density at radius 2 is 2.10 bits per heavy atom. The van der Waals surface area contributed by atoms with Crippen LogP contribution < -0.4 is 16.4 Å². The fraction of sp³-hybridized carbons (Fsp3) is 0.286. The van der Waals surface area contributed by atoms with Crippen molar-refractivity contribution in [2.75, 3.05) is 23.7 Å². The molecule has 1 aliphatic heterocycles. The van der Waals surface area contributed by atoms with E-state index < -0.39 is 5.91 Å². The molecular weight excluding hydrogens is 370 g/mol. The summed E-state index contributed by atoms with van der Waals surface area (Å²) in [5, 5.41) is 10.7. The van der Waals surface area contributed by atoms with Crippen molar-refractivity contribution in [3.05, 3.63) is 41.1 Å². The number of nitrogens with two attached hydrogens (primary N) is 2. The molecule has 0 radical (unpaired) electrons. The van der Waals surface area contributed by atoms with E-state index in [2.05, 4.69) is 9.88 Å². The number of hydrogen-bond acceptors (Lipinski definition) is 6. The molecule has 29 heavy (non-hydrogen) atoms. The van der Waals surface area contributed by atoms with Crippen molar-refractivity contribution in [1.29, 1.82) is 0 Å². The number of anilines is 2. The van der Waals surface area contributed by atoms with E-state index in [4.69, 9.17) is 11.5 Å². The Bertz CT molecular complexity index is 1150. The molecule has 5 N–H and O–H groups in total. The number of phenolic OH excluding ortho intramolecular Hbond substituents is 1. The van der Waals surface area contributed by atoms with Gasteiger partial charge in [-0.15, -0.1) is 0 Å². The standard InChI is InChI=1S/C21H23N5O3/c1-11-3-4-16(28)12(2)18(11)26-19(22)17(20(23)29)15-7-14(8-24-21(15)26)25-6-5-13(9-25)10-27/h3-4,7-8,10,13,28H,5-6,9,22H2,1-2H3,(H2,23,29). The number of benzene rings is 1. The van der Waals surface area contributed by atoms with Crippen LogP contribution in [0.2, 0.25) is 0 Å². The lowest BCUT2D eigenvalue weighted by molar-refractivity contribution is -0.110. The third-order valence-corrected chi connectivity index (χ3v) is 5.69. The van der Waals surface area contributed by atoms with Crippen LogP contribution in [0.25, 0.3) is 16.7 Å². The number of aromatic hydroxyl groups is 1. The highest BCUT2D eigenvalue weighted by atomic mass is 16.3. The summed E-state index contributed by atoms with van der Waals surface area (Å²) in [6.45, 7) is 5.03. The van der Waals surface area contributed by atoms with E-state index in [0.717, 1.165) is 30.5 Å². The maximum Gasteiger partial charge on any atom is 0.253 e. The first-order chi connectivity index (χ1) is 13.8. The summed E-state index contributed by atoms with van der Waals surface area (Å²) in [6.07, 6.45) is 3.47. The number of aromatic nitrogens is 2. The number of carbonyl (C=O) groups excluding carboxylic acids is 2. The zero-order valence-corrected chi connectivity index (χ0v) is 16.3. The molecule has 3 aromatic rings. The van der Waals surface area contributed by atoms with Crippen LogP contribution in [0, 0.1) is 19.8 Å². The largest absolute Gasteiger partial charge is 0.508 e. The molecule has 8 nitrogen and oxygen atoms in total. The quantitative estimate of drug-likeness (QED) is 0.582. The fourth-order valence-electron chi connectivity index (χ4n) is 4.13. The van der Waals surface area contributed by atoms with Gasteiger partial charge >= 0.3 is 0 Å². The van der Waals surface area contributed by atoms with Crippen LogP contribution in [0.4, 0.5) is 11.5 Å². The van der Waals surface area contributed by atoms with E-state index in [1.54, 1.807) is 29.8 Å². The maximum absolute atomic E-state index is 12.2. The van der Waals surface area contributed by atoms with E-state index in [1.165, 1.54) is 0 Å². The predicted molar refractivity (Wildman–Crippen MR) is 112 cm³/mol. The molecule has 1 fully saturated rings. The lowest BCUT2D eigenvalue weighted by Gasteiger charge is -2.18. The Balaban J connectivity index is 1.96. The smallest absolute Gasteiger partial charge is 0.253 e. The van der Waals surface area contributed by atoms with E-state index in [-0.39, 0.29) is 23.0 Å². The van der Waals surface area contributed by atoms with Gasteiger partial charge in [0.15, 0.2) is 0 Å². The summed E-state index contributed by atoms with van der Waals surface area (Å²) in [4.78, 5) is 30.0. The third-order valence-electron chi connectivity index (χ3n) is 5.69. The highest BCUT2D eigenvalue weighted by Crippen LogP contribution is 2.37. The summed E-state index contributed by atoms with van der Waals surface area (Å²) in [7, 11) is 0. The monoisotopic (exact) mass is 393 g/mol. The van der Waals surface area contributed by atoms with Crippen LogP contribution in [0.5, 0.6) is 5.75 Å². The average molecular weight is 393 g/mol. The zero-order valence-electron chi connectivity index (χ0n) is 16.3. The molecule has 2 aromatic heterocycles. The van der Waals surface area contributed by atoms with Gasteiger partial charge in [-0.2, -0.15) is 0 Å². The van der Waals surface area contributed by atoms with Gasteiger partial charge in [0, 0.05) is 30.0 Å². The van der Waals surface area contributed by atoms with Gasteiger partial charge in [0.1, 0.15) is 23.5 Å². The van der Waals surface area contributed by atoms with Crippen LogP contribution in [-0.4, -0.2) is 39.9 Å². The molecule has 0 spiro atoms. The molecule has 1 saturated heterocycles. The lowest BCUT2D eigenvalue weighted by atomic mass is 10.1. The van der Waals surface area contributed by atoms with Crippen LogP contribution in [0.1, 0.15) is 27.9 Å². The van der Waals surface area contributed by atoms with Crippen molar-refractivity contribution in [3.63, 3.8) is 0 Å². The predicted octanol–water partition coefficient (Wildman–Crippen LogP) is 2.05. The Labute approximate surface area is 167 Å². The summed E-state index contributed by atoms with van der Waals surface area (Å²) in [5.41, 5.74) is 15.7.